The van der Waals surface area contributed by atoms with Gasteiger partial charge in [0.15, 0.2) is 0 Å². The first kappa shape index (κ1) is 12.2. The lowest BCUT2D eigenvalue weighted by Crippen LogP contribution is -2.20. The average Bonchev–Trinajstić information content (AvgIpc) is 2.36. The molecule has 0 spiro atoms. The highest BCUT2D eigenvalue weighted by atomic mass is 16.5. The molecule has 1 atom stereocenters. The molecule has 0 amide bonds. The Morgan fingerprint density at radius 2 is 2.00 bits per heavy atom. The second-order valence-corrected chi connectivity index (χ2v) is 4.81. The van der Waals surface area contributed by atoms with E-state index in [4.69, 9.17) is 4.74 Å². The minimum Gasteiger partial charge on any atom is -0.466 e. The summed E-state index contributed by atoms with van der Waals surface area (Å²) >= 11 is 0. The fourth-order valence-corrected chi connectivity index (χ4v) is 2.39. The molecule has 0 radical (unpaired) electrons. The van der Waals surface area contributed by atoms with E-state index in [-0.39, 0.29) is 5.97 Å². The van der Waals surface area contributed by atoms with E-state index >= 15 is 0 Å². The Bertz CT molecular complexity index is 345. The van der Waals surface area contributed by atoms with Crippen molar-refractivity contribution in [1.29, 1.82) is 0 Å². The third kappa shape index (κ3) is 4.22. The fraction of sp³-hybridized carbons (Fsp3) is 0.533. The monoisotopic (exact) mass is 232 g/mol. The standard InChI is InChI=1S/C15H20O2/c16-15-12-14(10-11-17-15)9-5-4-8-13-6-2-1-3-7-13/h1-3,6-7,14H,4-5,8-12H2. The van der Waals surface area contributed by atoms with Crippen molar-refractivity contribution in [3.05, 3.63) is 35.9 Å². The molecule has 1 aromatic carbocycles. The van der Waals surface area contributed by atoms with Gasteiger partial charge in [-0.05, 0) is 37.2 Å². The van der Waals surface area contributed by atoms with Crippen molar-refractivity contribution in [2.75, 3.05) is 6.61 Å². The molecule has 92 valence electrons. The van der Waals surface area contributed by atoms with Gasteiger partial charge in [0, 0.05) is 6.42 Å². The van der Waals surface area contributed by atoms with E-state index in [0.29, 0.717) is 18.9 Å². The van der Waals surface area contributed by atoms with Gasteiger partial charge in [0.2, 0.25) is 0 Å². The zero-order chi connectivity index (χ0) is 11.9. The predicted molar refractivity (Wildman–Crippen MR) is 67.7 cm³/mol. The van der Waals surface area contributed by atoms with Crippen molar-refractivity contribution in [3.63, 3.8) is 0 Å². The number of benzene rings is 1. The molecule has 1 saturated heterocycles. The third-order valence-corrected chi connectivity index (χ3v) is 3.42. The summed E-state index contributed by atoms with van der Waals surface area (Å²) in [7, 11) is 0. The van der Waals surface area contributed by atoms with Crippen LogP contribution in [-0.4, -0.2) is 12.6 Å². The van der Waals surface area contributed by atoms with Crippen molar-refractivity contribution in [1.82, 2.24) is 0 Å². The summed E-state index contributed by atoms with van der Waals surface area (Å²) < 4.78 is 4.94. The van der Waals surface area contributed by atoms with Gasteiger partial charge in [-0.1, -0.05) is 36.8 Å². The van der Waals surface area contributed by atoms with Crippen LogP contribution in [0.4, 0.5) is 0 Å². The van der Waals surface area contributed by atoms with Crippen LogP contribution >= 0.6 is 0 Å². The van der Waals surface area contributed by atoms with Crippen LogP contribution in [-0.2, 0) is 16.0 Å². The molecule has 1 fully saturated rings. The van der Waals surface area contributed by atoms with Crippen LogP contribution in [0.15, 0.2) is 30.3 Å². The lowest BCUT2D eigenvalue weighted by Gasteiger charge is -2.20. The molecule has 2 nitrogen and oxygen atoms in total. The van der Waals surface area contributed by atoms with E-state index in [0.717, 1.165) is 12.8 Å². The maximum atomic E-state index is 11.1. The Morgan fingerprint density at radius 3 is 2.76 bits per heavy atom. The van der Waals surface area contributed by atoms with Crippen molar-refractivity contribution in [2.24, 2.45) is 5.92 Å². The maximum Gasteiger partial charge on any atom is 0.306 e. The maximum absolute atomic E-state index is 11.1. The van der Waals surface area contributed by atoms with E-state index in [2.05, 4.69) is 30.3 Å². The topological polar surface area (TPSA) is 26.3 Å². The number of unbranched alkanes of at least 4 members (excludes halogenated alkanes) is 1. The average molecular weight is 232 g/mol. The van der Waals surface area contributed by atoms with Gasteiger partial charge in [0.1, 0.15) is 0 Å². The first-order valence-corrected chi connectivity index (χ1v) is 6.54. The molecule has 1 unspecified atom stereocenters. The largest absolute Gasteiger partial charge is 0.466 e. The van der Waals surface area contributed by atoms with E-state index in [1.54, 1.807) is 0 Å². The number of aryl methyl sites for hydroxylation is 1. The van der Waals surface area contributed by atoms with Crippen molar-refractivity contribution < 1.29 is 9.53 Å². The van der Waals surface area contributed by atoms with Crippen LogP contribution in [0.3, 0.4) is 0 Å². The van der Waals surface area contributed by atoms with Gasteiger partial charge < -0.3 is 4.74 Å². The van der Waals surface area contributed by atoms with Crippen LogP contribution in [0.2, 0.25) is 0 Å². The fourth-order valence-electron chi connectivity index (χ4n) is 2.39. The normalized spacial score (nSPS) is 20.0. The lowest BCUT2D eigenvalue weighted by molar-refractivity contribution is -0.149. The number of hydrogen-bond acceptors (Lipinski definition) is 2. The first-order valence-electron chi connectivity index (χ1n) is 6.54. The number of carbonyl (C=O) groups excluding carboxylic acids is 1. The summed E-state index contributed by atoms with van der Waals surface area (Å²) in [6.45, 7) is 0.627. The highest BCUT2D eigenvalue weighted by molar-refractivity contribution is 5.70. The Kier molecular flexibility index (Phi) is 4.60. The van der Waals surface area contributed by atoms with Crippen molar-refractivity contribution in [2.45, 2.75) is 38.5 Å². The summed E-state index contributed by atoms with van der Waals surface area (Å²) in [5.41, 5.74) is 1.41. The van der Waals surface area contributed by atoms with Crippen LogP contribution < -0.4 is 0 Å². The Balaban J connectivity index is 1.61. The van der Waals surface area contributed by atoms with E-state index in [9.17, 15) is 4.79 Å². The highest BCUT2D eigenvalue weighted by Gasteiger charge is 2.19. The molecule has 1 heterocycles. The number of carbonyl (C=O) groups is 1. The predicted octanol–water partition coefficient (Wildman–Crippen LogP) is 3.35. The molecule has 0 aliphatic carbocycles. The summed E-state index contributed by atoms with van der Waals surface area (Å²) in [5, 5.41) is 0. The molecule has 0 N–H and O–H groups in total. The van der Waals surface area contributed by atoms with Gasteiger partial charge in [-0.25, -0.2) is 0 Å². The molecule has 17 heavy (non-hydrogen) atoms. The number of ether oxygens (including phenoxy) is 1. The van der Waals surface area contributed by atoms with Gasteiger partial charge in [0.25, 0.3) is 0 Å². The van der Waals surface area contributed by atoms with E-state index in [1.165, 1.54) is 24.8 Å². The van der Waals surface area contributed by atoms with Crippen molar-refractivity contribution in [3.8, 4) is 0 Å². The van der Waals surface area contributed by atoms with Gasteiger partial charge in [-0.2, -0.15) is 0 Å². The molecule has 0 saturated carbocycles. The molecule has 2 heteroatoms. The summed E-state index contributed by atoms with van der Waals surface area (Å²) in [5.74, 6) is 0.552. The molecule has 2 rings (SSSR count). The summed E-state index contributed by atoms with van der Waals surface area (Å²) in [6, 6.07) is 10.6. The quantitative estimate of drug-likeness (QED) is 0.575. The Labute approximate surface area is 103 Å². The highest BCUT2D eigenvalue weighted by Crippen LogP contribution is 2.22. The van der Waals surface area contributed by atoms with Gasteiger partial charge >= 0.3 is 5.97 Å². The van der Waals surface area contributed by atoms with Gasteiger partial charge in [0.05, 0.1) is 6.61 Å². The van der Waals surface area contributed by atoms with Crippen LogP contribution in [0, 0.1) is 5.92 Å². The van der Waals surface area contributed by atoms with Gasteiger partial charge in [-0.3, -0.25) is 4.79 Å². The second kappa shape index (κ2) is 6.43. The SMILES string of the molecule is O=C1CC(CCCCc2ccccc2)CCO1. The van der Waals surface area contributed by atoms with Crippen LogP contribution in [0.5, 0.6) is 0 Å². The van der Waals surface area contributed by atoms with Crippen LogP contribution in [0.25, 0.3) is 0 Å². The molecular formula is C15H20O2. The summed E-state index contributed by atoms with van der Waals surface area (Å²) in [4.78, 5) is 11.1. The van der Waals surface area contributed by atoms with Gasteiger partial charge in [-0.15, -0.1) is 0 Å². The van der Waals surface area contributed by atoms with Crippen LogP contribution in [0.1, 0.15) is 37.7 Å². The minimum atomic E-state index is -0.00990. The molecule has 1 aliphatic heterocycles. The van der Waals surface area contributed by atoms with E-state index < -0.39 is 0 Å². The second-order valence-electron chi connectivity index (χ2n) is 4.81. The molecular weight excluding hydrogens is 212 g/mol. The number of cyclic esters (lactones) is 1. The molecule has 1 aromatic rings. The number of esters is 1. The number of hydrogen-bond donors (Lipinski definition) is 0. The van der Waals surface area contributed by atoms with Crippen molar-refractivity contribution >= 4 is 5.97 Å². The molecule has 1 aliphatic rings. The third-order valence-electron chi connectivity index (χ3n) is 3.42. The smallest absolute Gasteiger partial charge is 0.306 e. The zero-order valence-electron chi connectivity index (χ0n) is 10.2. The molecule has 0 bridgehead atoms. The minimum absolute atomic E-state index is 0.00990. The lowest BCUT2D eigenvalue weighted by atomic mass is 9.93. The number of rotatable bonds is 5. The zero-order valence-corrected chi connectivity index (χ0v) is 10.2. The Morgan fingerprint density at radius 1 is 1.18 bits per heavy atom. The molecule has 0 aromatic heterocycles. The first-order chi connectivity index (χ1) is 8.34. The summed E-state index contributed by atoms with van der Waals surface area (Å²) in [6.07, 6.45) is 6.44. The van der Waals surface area contributed by atoms with E-state index in [1.807, 2.05) is 0 Å². The Hall–Kier alpha value is -1.31.